The van der Waals surface area contributed by atoms with Crippen LogP contribution < -0.4 is 0 Å². The van der Waals surface area contributed by atoms with Crippen LogP contribution in [0.3, 0.4) is 0 Å². The molecule has 8 heteroatoms. The molecule has 2 atom stereocenters. The lowest BCUT2D eigenvalue weighted by Gasteiger charge is -2.22. The molecule has 3 aliphatic rings. The Morgan fingerprint density at radius 1 is 1.38 bits per heavy atom. The summed E-state index contributed by atoms with van der Waals surface area (Å²) in [6.07, 6.45) is 1.34. The summed E-state index contributed by atoms with van der Waals surface area (Å²) in [7, 11) is -3.66. The molecule has 0 aromatic heterocycles. The van der Waals surface area contributed by atoms with E-state index in [0.29, 0.717) is 19.3 Å². The summed E-state index contributed by atoms with van der Waals surface area (Å²) >= 11 is 0. The number of rotatable bonds is 4. The standard InChI is InChI=1S/C16H17NO6S/c1-24(20,21)23-16(6-7-16)9-13(18)17-14-11-5-3-2-4-10(11)8-12(14)22-15(17)19/h2-5,12,14H,6-9H2,1H3/t12-,14+/m1/s1. The van der Waals surface area contributed by atoms with E-state index in [4.69, 9.17) is 8.92 Å². The quantitative estimate of drug-likeness (QED) is 0.764. The van der Waals surface area contributed by atoms with Crippen LogP contribution in [-0.4, -0.2) is 43.3 Å². The van der Waals surface area contributed by atoms with Gasteiger partial charge in [-0.05, 0) is 24.0 Å². The van der Waals surface area contributed by atoms with Crippen LogP contribution in [0.15, 0.2) is 24.3 Å². The van der Waals surface area contributed by atoms with Crippen LogP contribution in [-0.2, 0) is 30.3 Å². The second kappa shape index (κ2) is 5.03. The van der Waals surface area contributed by atoms with E-state index in [1.54, 1.807) is 0 Å². The molecule has 0 spiro atoms. The van der Waals surface area contributed by atoms with Crippen LogP contribution in [0.25, 0.3) is 0 Å². The Morgan fingerprint density at radius 2 is 2.08 bits per heavy atom. The average molecular weight is 351 g/mol. The lowest BCUT2D eigenvalue weighted by atomic mass is 10.1. The first-order valence-corrected chi connectivity index (χ1v) is 9.61. The van der Waals surface area contributed by atoms with Crippen molar-refractivity contribution in [3.63, 3.8) is 0 Å². The van der Waals surface area contributed by atoms with E-state index in [0.717, 1.165) is 22.3 Å². The Kier molecular flexibility index (Phi) is 3.27. The molecule has 1 aromatic rings. The summed E-state index contributed by atoms with van der Waals surface area (Å²) in [5.74, 6) is -0.453. The van der Waals surface area contributed by atoms with Crippen LogP contribution in [0.1, 0.15) is 36.4 Å². The molecule has 0 unspecified atom stereocenters. The molecule has 2 aliphatic carbocycles. The molecule has 4 rings (SSSR count). The highest BCUT2D eigenvalue weighted by atomic mass is 32.2. The monoisotopic (exact) mass is 351 g/mol. The lowest BCUT2D eigenvalue weighted by Crippen LogP contribution is -2.37. The van der Waals surface area contributed by atoms with E-state index in [2.05, 4.69) is 0 Å². The van der Waals surface area contributed by atoms with Gasteiger partial charge in [-0.15, -0.1) is 0 Å². The van der Waals surface area contributed by atoms with Gasteiger partial charge >= 0.3 is 6.09 Å². The number of benzene rings is 1. The average Bonchev–Trinajstić information content (AvgIpc) is 2.98. The Morgan fingerprint density at radius 3 is 2.75 bits per heavy atom. The van der Waals surface area contributed by atoms with E-state index in [1.807, 2.05) is 24.3 Å². The Bertz CT molecular complexity index is 829. The number of ether oxygens (including phenoxy) is 1. The minimum absolute atomic E-state index is 0.138. The maximum Gasteiger partial charge on any atom is 0.417 e. The second-order valence-corrected chi connectivity index (χ2v) is 8.26. The molecule has 7 nitrogen and oxygen atoms in total. The largest absolute Gasteiger partial charge is 0.443 e. The molecular weight excluding hydrogens is 334 g/mol. The van der Waals surface area contributed by atoms with Gasteiger partial charge in [0.05, 0.1) is 18.3 Å². The number of fused-ring (bicyclic) bond motifs is 3. The zero-order valence-corrected chi connectivity index (χ0v) is 13.9. The summed E-state index contributed by atoms with van der Waals surface area (Å²) < 4.78 is 33.1. The minimum Gasteiger partial charge on any atom is -0.443 e. The maximum atomic E-state index is 12.7. The van der Waals surface area contributed by atoms with Crippen LogP contribution in [0, 0.1) is 0 Å². The van der Waals surface area contributed by atoms with Gasteiger partial charge in [-0.2, -0.15) is 8.42 Å². The smallest absolute Gasteiger partial charge is 0.417 e. The third kappa shape index (κ3) is 2.59. The molecule has 1 heterocycles. The van der Waals surface area contributed by atoms with Gasteiger partial charge in [0, 0.05) is 6.42 Å². The van der Waals surface area contributed by atoms with Crippen molar-refractivity contribution in [3.05, 3.63) is 35.4 Å². The fourth-order valence-corrected chi connectivity index (χ4v) is 4.48. The molecule has 1 aromatic carbocycles. The highest BCUT2D eigenvalue weighted by Crippen LogP contribution is 2.47. The van der Waals surface area contributed by atoms with E-state index >= 15 is 0 Å². The SMILES string of the molecule is CS(=O)(=O)OC1(CC(=O)N2C(=O)O[C@@H]3Cc4ccccc4[C@@H]32)CC1. The van der Waals surface area contributed by atoms with Crippen molar-refractivity contribution < 1.29 is 26.9 Å². The number of carbonyl (C=O) groups excluding carboxylic acids is 2. The molecule has 0 bridgehead atoms. The van der Waals surface area contributed by atoms with Crippen molar-refractivity contribution in [2.45, 2.75) is 43.4 Å². The van der Waals surface area contributed by atoms with Gasteiger partial charge in [0.15, 0.2) is 0 Å². The Labute approximate surface area is 139 Å². The molecule has 128 valence electrons. The van der Waals surface area contributed by atoms with E-state index in [1.165, 1.54) is 0 Å². The summed E-state index contributed by atoms with van der Waals surface area (Å²) in [6.45, 7) is 0. The first-order valence-electron chi connectivity index (χ1n) is 7.79. The van der Waals surface area contributed by atoms with Crippen molar-refractivity contribution >= 4 is 22.1 Å². The lowest BCUT2D eigenvalue weighted by molar-refractivity contribution is -0.131. The zero-order chi connectivity index (χ0) is 17.1. The summed E-state index contributed by atoms with van der Waals surface area (Å²) in [6, 6.07) is 7.19. The number of nitrogens with zero attached hydrogens (tertiary/aromatic N) is 1. The number of imide groups is 1. The van der Waals surface area contributed by atoms with Crippen molar-refractivity contribution in [1.29, 1.82) is 0 Å². The topological polar surface area (TPSA) is 90.0 Å². The first-order chi connectivity index (χ1) is 11.3. The minimum atomic E-state index is -3.66. The van der Waals surface area contributed by atoms with Gasteiger partial charge in [-0.1, -0.05) is 24.3 Å². The predicted octanol–water partition coefficient (Wildman–Crippen LogP) is 1.53. The van der Waals surface area contributed by atoms with Crippen molar-refractivity contribution in [2.75, 3.05) is 6.26 Å². The van der Waals surface area contributed by atoms with Crippen LogP contribution in [0.5, 0.6) is 0 Å². The van der Waals surface area contributed by atoms with Gasteiger partial charge in [0.25, 0.3) is 10.1 Å². The van der Waals surface area contributed by atoms with Crippen molar-refractivity contribution in [2.24, 2.45) is 0 Å². The Balaban J connectivity index is 1.57. The van der Waals surface area contributed by atoms with Crippen LogP contribution in [0.2, 0.25) is 0 Å². The number of hydrogen-bond donors (Lipinski definition) is 0. The summed E-state index contributed by atoms with van der Waals surface area (Å²) in [5.41, 5.74) is 0.975. The third-order valence-corrected chi connectivity index (χ3v) is 5.41. The molecule has 0 radical (unpaired) electrons. The molecule has 2 fully saturated rings. The third-order valence-electron chi connectivity index (χ3n) is 4.75. The molecule has 1 saturated carbocycles. The van der Waals surface area contributed by atoms with E-state index in [9.17, 15) is 18.0 Å². The Hall–Kier alpha value is -1.93. The van der Waals surface area contributed by atoms with Gasteiger partial charge in [0.2, 0.25) is 5.91 Å². The number of carbonyl (C=O) groups is 2. The molecule has 2 amide bonds. The number of hydrogen-bond acceptors (Lipinski definition) is 6. The highest BCUT2D eigenvalue weighted by molar-refractivity contribution is 7.86. The molecule has 1 aliphatic heterocycles. The number of amides is 2. The van der Waals surface area contributed by atoms with Crippen molar-refractivity contribution in [1.82, 2.24) is 4.90 Å². The highest BCUT2D eigenvalue weighted by Gasteiger charge is 2.54. The van der Waals surface area contributed by atoms with Gasteiger partial charge in [-0.3, -0.25) is 8.98 Å². The van der Waals surface area contributed by atoms with Gasteiger partial charge < -0.3 is 4.74 Å². The molecule has 24 heavy (non-hydrogen) atoms. The molecule has 1 saturated heterocycles. The summed E-state index contributed by atoms with van der Waals surface area (Å²) in [5, 5.41) is 0. The predicted molar refractivity (Wildman–Crippen MR) is 82.5 cm³/mol. The molecule has 0 N–H and O–H groups in total. The second-order valence-electron chi connectivity index (χ2n) is 6.68. The fourth-order valence-electron chi connectivity index (χ4n) is 3.62. The van der Waals surface area contributed by atoms with Crippen molar-refractivity contribution in [3.8, 4) is 0 Å². The zero-order valence-electron chi connectivity index (χ0n) is 13.1. The van der Waals surface area contributed by atoms with Crippen LogP contribution in [0.4, 0.5) is 4.79 Å². The summed E-state index contributed by atoms with van der Waals surface area (Å²) in [4.78, 5) is 26.0. The molecular formula is C16H17NO6S. The maximum absolute atomic E-state index is 12.7. The van der Waals surface area contributed by atoms with Gasteiger partial charge in [0.1, 0.15) is 12.1 Å². The van der Waals surface area contributed by atoms with Crippen LogP contribution >= 0.6 is 0 Å². The first kappa shape index (κ1) is 15.6. The van der Waals surface area contributed by atoms with E-state index in [-0.39, 0.29) is 12.5 Å². The fraction of sp³-hybridized carbons (Fsp3) is 0.500. The van der Waals surface area contributed by atoms with Gasteiger partial charge in [-0.25, -0.2) is 9.69 Å². The normalized spacial score (nSPS) is 26.7. The van der Waals surface area contributed by atoms with E-state index < -0.39 is 33.8 Å².